The van der Waals surface area contributed by atoms with Crippen LogP contribution in [0.25, 0.3) is 11.8 Å². The minimum atomic E-state index is -1.12. The fourth-order valence-electron chi connectivity index (χ4n) is 1.73. The van der Waals surface area contributed by atoms with Crippen LogP contribution < -0.4 is 5.32 Å². The number of carbonyl (C=O) groups is 1. The zero-order valence-electron chi connectivity index (χ0n) is 10.7. The van der Waals surface area contributed by atoms with Crippen LogP contribution in [0.3, 0.4) is 0 Å². The van der Waals surface area contributed by atoms with Gasteiger partial charge in [-0.05, 0) is 24.6 Å². The number of pyridine rings is 1. The highest BCUT2D eigenvalue weighted by molar-refractivity contribution is 5.88. The highest BCUT2D eigenvalue weighted by Crippen LogP contribution is 2.16. The van der Waals surface area contributed by atoms with Crippen LogP contribution >= 0.6 is 0 Å². The second-order valence-corrected chi connectivity index (χ2v) is 4.10. The zero-order chi connectivity index (χ0) is 13.8. The van der Waals surface area contributed by atoms with E-state index in [0.29, 0.717) is 11.4 Å². The summed E-state index contributed by atoms with van der Waals surface area (Å²) in [6.07, 6.45) is 5.66. The zero-order valence-corrected chi connectivity index (χ0v) is 10.7. The molecule has 2 rings (SSSR count). The van der Waals surface area contributed by atoms with E-state index < -0.39 is 6.09 Å². The van der Waals surface area contributed by atoms with Gasteiger partial charge >= 0.3 is 6.09 Å². The minimum Gasteiger partial charge on any atom is -0.465 e. The third-order valence-electron chi connectivity index (χ3n) is 2.54. The molecule has 0 saturated carbocycles. The van der Waals surface area contributed by atoms with Crippen molar-refractivity contribution in [3.05, 3.63) is 47.5 Å². The van der Waals surface area contributed by atoms with E-state index in [4.69, 9.17) is 5.11 Å². The maximum Gasteiger partial charge on any atom is 0.409 e. The summed E-state index contributed by atoms with van der Waals surface area (Å²) >= 11 is 0. The van der Waals surface area contributed by atoms with Gasteiger partial charge in [0.1, 0.15) is 0 Å². The van der Waals surface area contributed by atoms with E-state index in [1.165, 1.54) is 0 Å². The maximum absolute atomic E-state index is 10.9. The first-order chi connectivity index (χ1) is 9.06. The molecule has 2 aromatic heterocycles. The van der Waals surface area contributed by atoms with Crippen molar-refractivity contribution in [2.75, 3.05) is 0 Å². The molecule has 0 fully saturated rings. The van der Waals surface area contributed by atoms with E-state index in [2.05, 4.69) is 15.4 Å². The lowest BCUT2D eigenvalue weighted by molar-refractivity contribution is 0.199. The third kappa shape index (κ3) is 3.19. The Labute approximate surface area is 110 Å². The fourth-order valence-corrected chi connectivity index (χ4v) is 1.73. The topological polar surface area (TPSA) is 80.0 Å². The SMILES string of the molecule is Cc1cccnc1/C(=C/c1cnn(C)c1)NC(=O)O. The molecular formula is C13H14N4O2. The number of rotatable bonds is 3. The van der Waals surface area contributed by atoms with Crippen LogP contribution in [0.2, 0.25) is 0 Å². The molecule has 0 saturated heterocycles. The van der Waals surface area contributed by atoms with Gasteiger partial charge in [-0.2, -0.15) is 5.10 Å². The fraction of sp³-hybridized carbons (Fsp3) is 0.154. The number of nitrogens with one attached hydrogen (secondary N) is 1. The summed E-state index contributed by atoms with van der Waals surface area (Å²) in [4.78, 5) is 15.1. The number of hydrogen-bond donors (Lipinski definition) is 2. The predicted molar refractivity (Wildman–Crippen MR) is 71.2 cm³/mol. The standard InChI is InChI=1S/C13H14N4O2/c1-9-4-3-5-14-12(9)11(16-13(18)19)6-10-7-15-17(2)8-10/h3-8,16H,1-2H3,(H,18,19)/b11-6-. The largest absolute Gasteiger partial charge is 0.465 e. The number of carboxylic acid groups (broad SMARTS) is 1. The maximum atomic E-state index is 10.9. The van der Waals surface area contributed by atoms with Crippen LogP contribution in [-0.4, -0.2) is 26.0 Å². The van der Waals surface area contributed by atoms with Gasteiger partial charge in [-0.15, -0.1) is 0 Å². The molecule has 1 amide bonds. The molecule has 0 aromatic carbocycles. The summed E-state index contributed by atoms with van der Waals surface area (Å²) in [5, 5.41) is 15.3. The Morgan fingerprint density at radius 3 is 2.89 bits per heavy atom. The monoisotopic (exact) mass is 258 g/mol. The summed E-state index contributed by atoms with van der Waals surface area (Å²) in [5.41, 5.74) is 2.73. The van der Waals surface area contributed by atoms with E-state index >= 15 is 0 Å². The first-order valence-electron chi connectivity index (χ1n) is 5.68. The molecule has 0 aliphatic carbocycles. The van der Waals surface area contributed by atoms with Crippen molar-refractivity contribution in [1.82, 2.24) is 20.1 Å². The van der Waals surface area contributed by atoms with Crippen LogP contribution in [0, 0.1) is 6.92 Å². The van der Waals surface area contributed by atoms with E-state index in [0.717, 1.165) is 11.1 Å². The van der Waals surface area contributed by atoms with Crippen molar-refractivity contribution >= 4 is 17.9 Å². The molecule has 2 N–H and O–H groups in total. The molecule has 2 heterocycles. The Hall–Kier alpha value is -2.63. The lowest BCUT2D eigenvalue weighted by atomic mass is 10.1. The average Bonchev–Trinajstić information content (AvgIpc) is 2.74. The number of aryl methyl sites for hydroxylation is 2. The van der Waals surface area contributed by atoms with Crippen molar-refractivity contribution in [3.63, 3.8) is 0 Å². The van der Waals surface area contributed by atoms with Crippen molar-refractivity contribution < 1.29 is 9.90 Å². The average molecular weight is 258 g/mol. The molecule has 0 spiro atoms. The van der Waals surface area contributed by atoms with Crippen LogP contribution in [0.1, 0.15) is 16.8 Å². The Kier molecular flexibility index (Phi) is 3.61. The van der Waals surface area contributed by atoms with Gasteiger partial charge < -0.3 is 5.11 Å². The molecule has 0 bridgehead atoms. The second kappa shape index (κ2) is 5.34. The van der Waals surface area contributed by atoms with Gasteiger partial charge in [0.25, 0.3) is 0 Å². The van der Waals surface area contributed by atoms with Crippen LogP contribution in [0.5, 0.6) is 0 Å². The highest BCUT2D eigenvalue weighted by Gasteiger charge is 2.09. The normalized spacial score (nSPS) is 11.4. The molecule has 98 valence electrons. The van der Waals surface area contributed by atoms with Gasteiger partial charge in [-0.1, -0.05) is 6.07 Å². The van der Waals surface area contributed by atoms with E-state index in [9.17, 15) is 4.79 Å². The van der Waals surface area contributed by atoms with Gasteiger partial charge in [-0.3, -0.25) is 15.0 Å². The highest BCUT2D eigenvalue weighted by atomic mass is 16.4. The van der Waals surface area contributed by atoms with Crippen LogP contribution in [0.4, 0.5) is 4.79 Å². The Morgan fingerprint density at radius 1 is 1.53 bits per heavy atom. The molecule has 19 heavy (non-hydrogen) atoms. The lowest BCUT2D eigenvalue weighted by Crippen LogP contribution is -2.20. The summed E-state index contributed by atoms with van der Waals surface area (Å²) in [5.74, 6) is 0. The van der Waals surface area contributed by atoms with Crippen molar-refractivity contribution in [2.24, 2.45) is 7.05 Å². The number of aromatic nitrogens is 3. The molecule has 0 radical (unpaired) electrons. The molecule has 0 unspecified atom stereocenters. The smallest absolute Gasteiger partial charge is 0.409 e. The van der Waals surface area contributed by atoms with Gasteiger partial charge in [0.2, 0.25) is 0 Å². The van der Waals surface area contributed by atoms with Gasteiger partial charge in [-0.25, -0.2) is 4.79 Å². The molecule has 0 aliphatic rings. The molecule has 0 aliphatic heterocycles. The summed E-state index contributed by atoms with van der Waals surface area (Å²) in [6, 6.07) is 3.68. The predicted octanol–water partition coefficient (Wildman–Crippen LogP) is 1.89. The third-order valence-corrected chi connectivity index (χ3v) is 2.54. The van der Waals surface area contributed by atoms with Crippen molar-refractivity contribution in [2.45, 2.75) is 6.92 Å². The molecule has 0 atom stereocenters. The lowest BCUT2D eigenvalue weighted by Gasteiger charge is -2.08. The van der Waals surface area contributed by atoms with Crippen LogP contribution in [-0.2, 0) is 7.05 Å². The summed E-state index contributed by atoms with van der Waals surface area (Å²) in [6.45, 7) is 1.88. The van der Waals surface area contributed by atoms with E-state index in [1.807, 2.05) is 13.0 Å². The molecule has 2 aromatic rings. The molecular weight excluding hydrogens is 244 g/mol. The van der Waals surface area contributed by atoms with E-state index in [-0.39, 0.29) is 0 Å². The Morgan fingerprint density at radius 2 is 2.32 bits per heavy atom. The first-order valence-corrected chi connectivity index (χ1v) is 5.68. The van der Waals surface area contributed by atoms with Crippen molar-refractivity contribution in [3.8, 4) is 0 Å². The first kappa shape index (κ1) is 12.8. The summed E-state index contributed by atoms with van der Waals surface area (Å²) in [7, 11) is 1.80. The molecule has 6 heteroatoms. The number of nitrogens with zero attached hydrogens (tertiary/aromatic N) is 3. The molecule has 6 nitrogen and oxygen atoms in total. The number of amides is 1. The van der Waals surface area contributed by atoms with Crippen molar-refractivity contribution in [1.29, 1.82) is 0 Å². The summed E-state index contributed by atoms with van der Waals surface area (Å²) < 4.78 is 1.65. The van der Waals surface area contributed by atoms with Crippen LogP contribution in [0.15, 0.2) is 30.7 Å². The second-order valence-electron chi connectivity index (χ2n) is 4.10. The Balaban J connectivity index is 2.44. The Bertz CT molecular complexity index is 631. The minimum absolute atomic E-state index is 0.429. The van der Waals surface area contributed by atoms with Gasteiger partial charge in [0.15, 0.2) is 0 Å². The van der Waals surface area contributed by atoms with Gasteiger partial charge in [0, 0.05) is 25.0 Å². The van der Waals surface area contributed by atoms with Gasteiger partial charge in [0.05, 0.1) is 17.6 Å². The number of hydrogen-bond acceptors (Lipinski definition) is 3. The quantitative estimate of drug-likeness (QED) is 0.881. The van der Waals surface area contributed by atoms with E-state index in [1.54, 1.807) is 42.5 Å².